The normalized spacial score (nSPS) is 16.3. The van der Waals surface area contributed by atoms with Gasteiger partial charge in [-0.25, -0.2) is 0 Å². The van der Waals surface area contributed by atoms with Gasteiger partial charge >= 0.3 is 0 Å². The number of nitrogens with zero attached hydrogens (tertiary/aromatic N) is 1. The lowest BCUT2D eigenvalue weighted by molar-refractivity contribution is -0.121. The minimum absolute atomic E-state index is 0.0416. The van der Waals surface area contributed by atoms with Crippen molar-refractivity contribution in [2.45, 2.75) is 18.9 Å². The van der Waals surface area contributed by atoms with Gasteiger partial charge in [0.15, 0.2) is 5.78 Å². The lowest BCUT2D eigenvalue weighted by Crippen LogP contribution is -2.43. The molecular formula is C18H21ClN2O3S2. The van der Waals surface area contributed by atoms with Crippen LogP contribution in [0.5, 0.6) is 0 Å². The van der Waals surface area contributed by atoms with Gasteiger partial charge in [-0.3, -0.25) is 14.5 Å². The molecule has 2 aromatic heterocycles. The molecule has 8 heteroatoms. The quantitative estimate of drug-likeness (QED) is 0.673. The second-order valence-electron chi connectivity index (χ2n) is 6.01. The molecule has 1 aliphatic rings. The average Bonchev–Trinajstić information content (AvgIpc) is 3.33. The van der Waals surface area contributed by atoms with Gasteiger partial charge < -0.3 is 10.1 Å². The predicted octanol–water partition coefficient (Wildman–Crippen LogP) is 3.62. The molecular weight excluding hydrogens is 392 g/mol. The number of rotatable bonds is 8. The van der Waals surface area contributed by atoms with Crippen LogP contribution in [-0.4, -0.2) is 49.4 Å². The number of thiophene rings is 2. The molecule has 1 saturated heterocycles. The Kier molecular flexibility index (Phi) is 7.22. The number of carbonyl (C=O) groups excluding carboxylic acids is 2. The fourth-order valence-corrected chi connectivity index (χ4v) is 4.76. The zero-order valence-corrected chi connectivity index (χ0v) is 16.7. The third-order valence-electron chi connectivity index (χ3n) is 4.28. The topological polar surface area (TPSA) is 58.6 Å². The largest absolute Gasteiger partial charge is 0.379 e. The number of ether oxygens (including phenoxy) is 1. The standard InChI is InChI=1S/C18H21ClN2O3S2/c19-17-5-4-16(26-17)14(22)3-6-18(23)20-12-13(15-2-1-11-25-15)21-7-9-24-10-8-21/h1-2,4-5,11,13H,3,6-10,12H2,(H,20,23). The van der Waals surface area contributed by atoms with E-state index >= 15 is 0 Å². The first-order valence-corrected chi connectivity index (χ1v) is 10.6. The maximum Gasteiger partial charge on any atom is 0.220 e. The van der Waals surface area contributed by atoms with Gasteiger partial charge in [-0.1, -0.05) is 17.7 Å². The summed E-state index contributed by atoms with van der Waals surface area (Å²) in [6.07, 6.45) is 0.387. The van der Waals surface area contributed by atoms with Gasteiger partial charge in [0.25, 0.3) is 0 Å². The number of hydrogen-bond acceptors (Lipinski definition) is 6. The van der Waals surface area contributed by atoms with Crippen molar-refractivity contribution in [1.29, 1.82) is 0 Å². The van der Waals surface area contributed by atoms with Crippen LogP contribution in [0.1, 0.15) is 33.4 Å². The third kappa shape index (κ3) is 5.37. The summed E-state index contributed by atoms with van der Waals surface area (Å²) in [5, 5.41) is 5.04. The van der Waals surface area contributed by atoms with Gasteiger partial charge in [-0.05, 0) is 23.6 Å². The maximum absolute atomic E-state index is 12.2. The molecule has 0 aliphatic carbocycles. The predicted molar refractivity (Wildman–Crippen MR) is 105 cm³/mol. The Morgan fingerprint density at radius 3 is 2.69 bits per heavy atom. The summed E-state index contributed by atoms with van der Waals surface area (Å²) < 4.78 is 6.02. The minimum atomic E-state index is -0.101. The van der Waals surface area contributed by atoms with Crippen LogP contribution < -0.4 is 5.32 Å². The Morgan fingerprint density at radius 2 is 2.04 bits per heavy atom. The molecule has 0 radical (unpaired) electrons. The molecule has 1 N–H and O–H groups in total. The van der Waals surface area contributed by atoms with E-state index in [0.717, 1.165) is 13.1 Å². The van der Waals surface area contributed by atoms with E-state index < -0.39 is 0 Å². The zero-order chi connectivity index (χ0) is 18.4. The fourth-order valence-electron chi connectivity index (χ4n) is 2.89. The first kappa shape index (κ1) is 19.5. The number of amides is 1. The Morgan fingerprint density at radius 1 is 1.23 bits per heavy atom. The van der Waals surface area contributed by atoms with Gasteiger partial charge in [0.1, 0.15) is 0 Å². The summed E-state index contributed by atoms with van der Waals surface area (Å²) in [6, 6.07) is 7.68. The van der Waals surface area contributed by atoms with Gasteiger partial charge in [0, 0.05) is 37.4 Å². The molecule has 26 heavy (non-hydrogen) atoms. The number of nitrogens with one attached hydrogen (secondary N) is 1. The molecule has 0 spiro atoms. The lowest BCUT2D eigenvalue weighted by Gasteiger charge is -2.34. The highest BCUT2D eigenvalue weighted by atomic mass is 35.5. The molecule has 1 aliphatic heterocycles. The number of halogens is 1. The molecule has 1 atom stereocenters. The number of Topliss-reactive ketones (excluding diaryl/α,β-unsaturated/α-hetero) is 1. The molecule has 2 aromatic rings. The van der Waals surface area contributed by atoms with Crippen molar-refractivity contribution in [3.63, 3.8) is 0 Å². The van der Waals surface area contributed by atoms with Crippen LogP contribution in [0.2, 0.25) is 4.34 Å². The van der Waals surface area contributed by atoms with Crippen molar-refractivity contribution in [2.75, 3.05) is 32.8 Å². The molecule has 1 unspecified atom stereocenters. The Balaban J connectivity index is 1.50. The van der Waals surface area contributed by atoms with Crippen molar-refractivity contribution in [3.8, 4) is 0 Å². The van der Waals surface area contributed by atoms with E-state index in [0.29, 0.717) is 29.0 Å². The van der Waals surface area contributed by atoms with Crippen molar-refractivity contribution in [1.82, 2.24) is 10.2 Å². The number of morpholine rings is 1. The number of hydrogen-bond donors (Lipinski definition) is 1. The molecule has 140 valence electrons. The first-order chi connectivity index (χ1) is 12.6. The van der Waals surface area contributed by atoms with Gasteiger partial charge in [-0.15, -0.1) is 22.7 Å². The van der Waals surface area contributed by atoms with Gasteiger partial charge in [0.2, 0.25) is 5.91 Å². The molecule has 5 nitrogen and oxygen atoms in total. The van der Waals surface area contributed by atoms with Crippen LogP contribution in [0, 0.1) is 0 Å². The highest BCUT2D eigenvalue weighted by molar-refractivity contribution is 7.18. The van der Waals surface area contributed by atoms with E-state index in [9.17, 15) is 9.59 Å². The SMILES string of the molecule is O=C(CCC(=O)c1ccc(Cl)s1)NCC(c1cccs1)N1CCOCC1. The van der Waals surface area contributed by atoms with Crippen molar-refractivity contribution in [3.05, 3.63) is 43.7 Å². The van der Waals surface area contributed by atoms with Crippen molar-refractivity contribution < 1.29 is 14.3 Å². The van der Waals surface area contributed by atoms with E-state index in [4.69, 9.17) is 16.3 Å². The van der Waals surface area contributed by atoms with E-state index in [1.54, 1.807) is 23.5 Å². The van der Waals surface area contributed by atoms with Crippen LogP contribution in [-0.2, 0) is 9.53 Å². The van der Waals surface area contributed by atoms with Crippen LogP contribution >= 0.6 is 34.3 Å². The smallest absolute Gasteiger partial charge is 0.220 e. The minimum Gasteiger partial charge on any atom is -0.379 e. The monoisotopic (exact) mass is 412 g/mol. The Labute approximate surface area is 165 Å². The third-order valence-corrected chi connectivity index (χ3v) is 6.52. The second kappa shape index (κ2) is 9.62. The van der Waals surface area contributed by atoms with E-state index in [1.807, 2.05) is 6.07 Å². The van der Waals surface area contributed by atoms with Crippen molar-refractivity contribution in [2.24, 2.45) is 0 Å². The summed E-state index contributed by atoms with van der Waals surface area (Å²) in [7, 11) is 0. The molecule has 1 amide bonds. The van der Waals surface area contributed by atoms with Crippen molar-refractivity contribution >= 4 is 46.0 Å². The molecule has 0 bridgehead atoms. The van der Waals surface area contributed by atoms with Crippen LogP contribution in [0.4, 0.5) is 0 Å². The lowest BCUT2D eigenvalue weighted by atomic mass is 10.1. The fraction of sp³-hybridized carbons (Fsp3) is 0.444. The molecule has 1 fully saturated rings. The van der Waals surface area contributed by atoms with Gasteiger partial charge in [0.05, 0.1) is 28.5 Å². The highest BCUT2D eigenvalue weighted by Gasteiger charge is 2.24. The molecule has 3 heterocycles. The Bertz CT molecular complexity index is 727. The van der Waals surface area contributed by atoms with Crippen LogP contribution in [0.15, 0.2) is 29.6 Å². The average molecular weight is 413 g/mol. The number of carbonyl (C=O) groups is 2. The summed E-state index contributed by atoms with van der Waals surface area (Å²) in [4.78, 5) is 28.5. The Hall–Kier alpha value is -1.25. The summed E-state index contributed by atoms with van der Waals surface area (Å²) in [6.45, 7) is 3.69. The van der Waals surface area contributed by atoms with E-state index in [-0.39, 0.29) is 30.6 Å². The summed E-state index contributed by atoms with van der Waals surface area (Å²) in [5.41, 5.74) is 0. The molecule has 0 saturated carbocycles. The highest BCUT2D eigenvalue weighted by Crippen LogP contribution is 2.26. The van der Waals surface area contributed by atoms with Crippen LogP contribution in [0.3, 0.4) is 0 Å². The van der Waals surface area contributed by atoms with E-state index in [2.05, 4.69) is 21.7 Å². The van der Waals surface area contributed by atoms with E-state index in [1.165, 1.54) is 16.2 Å². The molecule has 0 aromatic carbocycles. The summed E-state index contributed by atoms with van der Waals surface area (Å²) in [5.74, 6) is -0.143. The first-order valence-electron chi connectivity index (χ1n) is 8.54. The molecule has 3 rings (SSSR count). The second-order valence-corrected chi connectivity index (χ2v) is 8.70. The van der Waals surface area contributed by atoms with Crippen LogP contribution in [0.25, 0.3) is 0 Å². The zero-order valence-electron chi connectivity index (χ0n) is 14.3. The summed E-state index contributed by atoms with van der Waals surface area (Å²) >= 11 is 8.79. The maximum atomic E-state index is 12.2. The van der Waals surface area contributed by atoms with Gasteiger partial charge in [-0.2, -0.15) is 0 Å². The number of ketones is 1.